The number of aromatic nitrogens is 6. The van der Waals surface area contributed by atoms with Crippen LogP contribution in [0, 0.1) is 20.8 Å². The number of carbonyl (C=O) groups excluding carboxylic acids is 1. The minimum absolute atomic E-state index is 0.0294. The molecule has 0 bridgehead atoms. The van der Waals surface area contributed by atoms with Crippen LogP contribution in [0.25, 0.3) is 11.3 Å². The molecule has 0 radical (unpaired) electrons. The molecule has 0 unspecified atom stereocenters. The van der Waals surface area contributed by atoms with E-state index in [2.05, 4.69) is 25.6 Å². The number of pyridine rings is 1. The van der Waals surface area contributed by atoms with E-state index in [9.17, 15) is 4.79 Å². The number of carbonyl (C=O) groups is 1. The molecule has 4 aromatic heterocycles. The second kappa shape index (κ2) is 6.79. The molecular weight excluding hydrogens is 342 g/mol. The van der Waals surface area contributed by atoms with Crippen LogP contribution in [0.2, 0.25) is 0 Å². The van der Waals surface area contributed by atoms with Crippen molar-refractivity contribution in [2.45, 2.75) is 40.2 Å². The van der Waals surface area contributed by atoms with Crippen LogP contribution >= 0.6 is 0 Å². The maximum atomic E-state index is 12.3. The SMILES string of the molecule is Cc1cc2nc(C)c(CCC(=O)NCc3nnc4ccccn34)c(C)n2n1. The van der Waals surface area contributed by atoms with Crippen molar-refractivity contribution >= 4 is 17.2 Å². The monoisotopic (exact) mass is 363 g/mol. The van der Waals surface area contributed by atoms with Crippen molar-refractivity contribution in [2.24, 2.45) is 0 Å². The van der Waals surface area contributed by atoms with Crippen molar-refractivity contribution in [2.75, 3.05) is 0 Å². The number of hydrogen-bond donors (Lipinski definition) is 1. The summed E-state index contributed by atoms with van der Waals surface area (Å²) in [6.07, 6.45) is 2.88. The maximum absolute atomic E-state index is 12.3. The Labute approximate surface area is 156 Å². The molecule has 0 spiro atoms. The number of fused-ring (bicyclic) bond motifs is 2. The smallest absolute Gasteiger partial charge is 0.220 e. The lowest BCUT2D eigenvalue weighted by molar-refractivity contribution is -0.121. The first kappa shape index (κ1) is 17.1. The predicted octanol–water partition coefficient (Wildman–Crippen LogP) is 1.95. The lowest BCUT2D eigenvalue weighted by Gasteiger charge is -2.11. The zero-order valence-corrected chi connectivity index (χ0v) is 15.6. The van der Waals surface area contributed by atoms with Crippen LogP contribution in [-0.4, -0.2) is 35.1 Å². The van der Waals surface area contributed by atoms with Crippen molar-refractivity contribution in [3.05, 3.63) is 58.9 Å². The van der Waals surface area contributed by atoms with Gasteiger partial charge in [-0.15, -0.1) is 10.2 Å². The Morgan fingerprint density at radius 3 is 2.85 bits per heavy atom. The molecule has 0 aliphatic heterocycles. The molecule has 0 aliphatic carbocycles. The van der Waals surface area contributed by atoms with E-state index in [1.165, 1.54) is 0 Å². The Morgan fingerprint density at radius 2 is 2.00 bits per heavy atom. The molecule has 4 aromatic rings. The van der Waals surface area contributed by atoms with Gasteiger partial charge in [-0.2, -0.15) is 5.10 Å². The number of hydrogen-bond acceptors (Lipinski definition) is 5. The molecule has 4 rings (SSSR count). The Morgan fingerprint density at radius 1 is 1.15 bits per heavy atom. The van der Waals surface area contributed by atoms with Gasteiger partial charge < -0.3 is 5.32 Å². The van der Waals surface area contributed by atoms with Gasteiger partial charge >= 0.3 is 0 Å². The summed E-state index contributed by atoms with van der Waals surface area (Å²) in [5.41, 5.74) is 5.57. The fourth-order valence-electron chi connectivity index (χ4n) is 3.32. The molecule has 1 amide bonds. The van der Waals surface area contributed by atoms with E-state index in [4.69, 9.17) is 0 Å². The Kier molecular flexibility index (Phi) is 4.31. The zero-order valence-electron chi connectivity index (χ0n) is 15.6. The van der Waals surface area contributed by atoms with E-state index >= 15 is 0 Å². The van der Waals surface area contributed by atoms with Crippen molar-refractivity contribution in [3.8, 4) is 0 Å². The van der Waals surface area contributed by atoms with Crippen LogP contribution in [0.5, 0.6) is 0 Å². The molecule has 138 valence electrons. The lowest BCUT2D eigenvalue weighted by Crippen LogP contribution is -2.24. The molecule has 27 heavy (non-hydrogen) atoms. The highest BCUT2D eigenvalue weighted by atomic mass is 16.1. The summed E-state index contributed by atoms with van der Waals surface area (Å²) >= 11 is 0. The van der Waals surface area contributed by atoms with Gasteiger partial charge in [0.2, 0.25) is 5.91 Å². The summed E-state index contributed by atoms with van der Waals surface area (Å²) in [6.45, 7) is 6.29. The van der Waals surface area contributed by atoms with Gasteiger partial charge in [0.25, 0.3) is 0 Å². The third kappa shape index (κ3) is 3.25. The highest BCUT2D eigenvalue weighted by Crippen LogP contribution is 2.17. The van der Waals surface area contributed by atoms with Crippen LogP contribution in [0.3, 0.4) is 0 Å². The number of nitrogens with zero attached hydrogens (tertiary/aromatic N) is 6. The standard InChI is InChI=1S/C19H21N7O/c1-12-10-17-21-13(2)15(14(3)26(17)24-12)7-8-19(27)20-11-18-23-22-16-6-4-5-9-25(16)18/h4-6,9-10H,7-8,11H2,1-3H3,(H,20,27). The molecule has 0 aliphatic rings. The van der Waals surface area contributed by atoms with Gasteiger partial charge in [-0.3, -0.25) is 9.20 Å². The highest BCUT2D eigenvalue weighted by molar-refractivity contribution is 5.76. The van der Waals surface area contributed by atoms with Crippen LogP contribution in [-0.2, 0) is 17.8 Å². The normalized spacial score (nSPS) is 11.4. The molecule has 1 N–H and O–H groups in total. The minimum atomic E-state index is -0.0294. The molecule has 4 heterocycles. The summed E-state index contributed by atoms with van der Waals surface area (Å²) < 4.78 is 3.71. The molecule has 0 aromatic carbocycles. The molecule has 0 saturated heterocycles. The van der Waals surface area contributed by atoms with E-state index in [0.29, 0.717) is 25.2 Å². The first-order chi connectivity index (χ1) is 13.0. The van der Waals surface area contributed by atoms with E-state index in [0.717, 1.165) is 33.9 Å². The van der Waals surface area contributed by atoms with Gasteiger partial charge in [0.15, 0.2) is 17.1 Å². The molecular formula is C19H21N7O. The van der Waals surface area contributed by atoms with Gasteiger partial charge in [-0.25, -0.2) is 9.50 Å². The number of amides is 1. The third-order valence-electron chi connectivity index (χ3n) is 4.72. The second-order valence-electron chi connectivity index (χ2n) is 6.64. The Hall–Kier alpha value is -3.29. The van der Waals surface area contributed by atoms with Gasteiger partial charge in [0.1, 0.15) is 0 Å². The highest BCUT2D eigenvalue weighted by Gasteiger charge is 2.13. The van der Waals surface area contributed by atoms with Gasteiger partial charge in [-0.1, -0.05) is 6.07 Å². The van der Waals surface area contributed by atoms with Gasteiger partial charge in [0, 0.05) is 30.1 Å². The fourth-order valence-corrected chi connectivity index (χ4v) is 3.32. The van der Waals surface area contributed by atoms with Crippen LogP contribution in [0.1, 0.15) is 34.9 Å². The lowest BCUT2D eigenvalue weighted by atomic mass is 10.1. The number of aryl methyl sites for hydroxylation is 3. The largest absolute Gasteiger partial charge is 0.349 e. The van der Waals surface area contributed by atoms with Crippen molar-refractivity contribution < 1.29 is 4.79 Å². The average molecular weight is 363 g/mol. The van der Waals surface area contributed by atoms with Gasteiger partial charge in [0.05, 0.1) is 12.2 Å². The average Bonchev–Trinajstić information content (AvgIpc) is 3.22. The Balaban J connectivity index is 1.43. The molecule has 8 nitrogen and oxygen atoms in total. The summed E-state index contributed by atoms with van der Waals surface area (Å²) in [7, 11) is 0. The number of rotatable bonds is 5. The summed E-state index contributed by atoms with van der Waals surface area (Å²) in [5.74, 6) is 0.680. The summed E-state index contributed by atoms with van der Waals surface area (Å²) in [6, 6.07) is 7.65. The fraction of sp³-hybridized carbons (Fsp3) is 0.316. The predicted molar refractivity (Wildman–Crippen MR) is 100 cm³/mol. The van der Waals surface area contributed by atoms with Crippen LogP contribution in [0.15, 0.2) is 30.5 Å². The van der Waals surface area contributed by atoms with Crippen molar-refractivity contribution in [3.63, 3.8) is 0 Å². The second-order valence-corrected chi connectivity index (χ2v) is 6.64. The zero-order chi connectivity index (χ0) is 19.0. The first-order valence-electron chi connectivity index (χ1n) is 8.91. The topological polar surface area (TPSA) is 89.5 Å². The Bertz CT molecular complexity index is 1140. The third-order valence-corrected chi connectivity index (χ3v) is 4.72. The quantitative estimate of drug-likeness (QED) is 0.585. The minimum Gasteiger partial charge on any atom is -0.349 e. The number of nitrogens with one attached hydrogen (secondary N) is 1. The molecule has 0 fully saturated rings. The van der Waals surface area contributed by atoms with Crippen LogP contribution in [0.4, 0.5) is 0 Å². The molecule has 8 heteroatoms. The van der Waals surface area contributed by atoms with E-state index in [1.807, 2.05) is 60.1 Å². The van der Waals surface area contributed by atoms with E-state index < -0.39 is 0 Å². The van der Waals surface area contributed by atoms with E-state index in [1.54, 1.807) is 0 Å². The van der Waals surface area contributed by atoms with Crippen molar-refractivity contribution in [1.82, 2.24) is 34.5 Å². The van der Waals surface area contributed by atoms with Gasteiger partial charge in [-0.05, 0) is 44.9 Å². The molecule has 0 atom stereocenters. The first-order valence-corrected chi connectivity index (χ1v) is 8.91. The molecule has 0 saturated carbocycles. The summed E-state index contributed by atoms with van der Waals surface area (Å²) in [5, 5.41) is 15.6. The van der Waals surface area contributed by atoms with E-state index in [-0.39, 0.29) is 5.91 Å². The maximum Gasteiger partial charge on any atom is 0.220 e. The van der Waals surface area contributed by atoms with Crippen molar-refractivity contribution in [1.29, 1.82) is 0 Å². The van der Waals surface area contributed by atoms with Crippen LogP contribution < -0.4 is 5.32 Å². The summed E-state index contributed by atoms with van der Waals surface area (Å²) in [4.78, 5) is 16.9.